The molecule has 0 saturated heterocycles. The summed E-state index contributed by atoms with van der Waals surface area (Å²) in [6.45, 7) is 5.61. The Labute approximate surface area is 177 Å². The van der Waals surface area contributed by atoms with E-state index in [0.717, 1.165) is 16.7 Å². The minimum Gasteiger partial charge on any atom is -0.445 e. The molecule has 0 bridgehead atoms. The Morgan fingerprint density at radius 1 is 0.967 bits per heavy atom. The van der Waals surface area contributed by atoms with E-state index in [2.05, 4.69) is 10.6 Å². The van der Waals surface area contributed by atoms with Gasteiger partial charge in [0.1, 0.15) is 18.7 Å². The molecule has 4 N–H and O–H groups in total. The highest BCUT2D eigenvalue weighted by Crippen LogP contribution is 2.11. The van der Waals surface area contributed by atoms with Crippen molar-refractivity contribution in [3.63, 3.8) is 0 Å². The lowest BCUT2D eigenvalue weighted by atomic mass is 9.99. The van der Waals surface area contributed by atoms with Crippen molar-refractivity contribution in [1.82, 2.24) is 10.6 Å². The molecular formula is C23H29N3O4. The van der Waals surface area contributed by atoms with Gasteiger partial charge < -0.3 is 21.1 Å². The van der Waals surface area contributed by atoms with E-state index in [-0.39, 0.29) is 18.9 Å². The van der Waals surface area contributed by atoms with E-state index in [1.54, 1.807) is 13.8 Å². The van der Waals surface area contributed by atoms with Gasteiger partial charge in [-0.3, -0.25) is 9.59 Å². The summed E-state index contributed by atoms with van der Waals surface area (Å²) >= 11 is 0. The predicted octanol–water partition coefficient (Wildman–Crippen LogP) is 2.46. The van der Waals surface area contributed by atoms with Crippen molar-refractivity contribution >= 4 is 17.9 Å². The summed E-state index contributed by atoms with van der Waals surface area (Å²) in [5.41, 5.74) is 8.26. The molecule has 160 valence electrons. The number of rotatable bonds is 9. The lowest BCUT2D eigenvalue weighted by molar-refractivity contribution is -0.129. The predicted molar refractivity (Wildman–Crippen MR) is 114 cm³/mol. The van der Waals surface area contributed by atoms with Crippen LogP contribution in [0.4, 0.5) is 4.79 Å². The molecule has 0 radical (unpaired) electrons. The number of alkyl carbamates (subject to hydrolysis) is 1. The topological polar surface area (TPSA) is 111 Å². The fourth-order valence-electron chi connectivity index (χ4n) is 2.97. The largest absolute Gasteiger partial charge is 0.445 e. The fourth-order valence-corrected chi connectivity index (χ4v) is 2.97. The van der Waals surface area contributed by atoms with E-state index in [4.69, 9.17) is 10.5 Å². The van der Waals surface area contributed by atoms with Gasteiger partial charge in [-0.1, -0.05) is 68.4 Å². The molecule has 0 saturated carbocycles. The van der Waals surface area contributed by atoms with Crippen molar-refractivity contribution in [1.29, 1.82) is 0 Å². The zero-order valence-corrected chi connectivity index (χ0v) is 17.6. The summed E-state index contributed by atoms with van der Waals surface area (Å²) < 4.78 is 5.20. The Hall–Kier alpha value is -3.35. The number of ether oxygens (including phenoxy) is 1. The number of amides is 3. The molecule has 30 heavy (non-hydrogen) atoms. The fraction of sp³-hybridized carbons (Fsp3) is 0.348. The van der Waals surface area contributed by atoms with Crippen molar-refractivity contribution < 1.29 is 19.1 Å². The standard InChI is InChI=1S/C23H29N3O4/c1-15(2)20(26-23(29)30-14-17-10-5-4-6-11-17)22(28)25-19(21(24)27)13-18-12-8-7-9-16(18)3/h4-12,15,19-20H,13-14H2,1-3H3,(H2,24,27)(H,25,28)(H,26,29)/t19-,20-/m0/s1. The van der Waals surface area contributed by atoms with E-state index >= 15 is 0 Å². The molecule has 0 spiro atoms. The summed E-state index contributed by atoms with van der Waals surface area (Å²) in [5, 5.41) is 5.25. The third-order valence-electron chi connectivity index (χ3n) is 4.78. The zero-order chi connectivity index (χ0) is 22.1. The third kappa shape index (κ3) is 6.92. The van der Waals surface area contributed by atoms with E-state index in [9.17, 15) is 14.4 Å². The van der Waals surface area contributed by atoms with E-state index in [1.165, 1.54) is 0 Å². The molecule has 2 aromatic carbocycles. The number of primary amides is 1. The second kappa shape index (κ2) is 11.0. The summed E-state index contributed by atoms with van der Waals surface area (Å²) in [4.78, 5) is 36.9. The van der Waals surface area contributed by atoms with Crippen molar-refractivity contribution in [2.45, 2.75) is 45.9 Å². The number of carbonyl (C=O) groups excluding carboxylic acids is 3. The molecule has 0 unspecified atom stereocenters. The molecule has 0 aromatic heterocycles. The molecule has 2 aromatic rings. The first-order valence-corrected chi connectivity index (χ1v) is 9.89. The highest BCUT2D eigenvalue weighted by molar-refractivity contribution is 5.91. The quantitative estimate of drug-likeness (QED) is 0.589. The van der Waals surface area contributed by atoms with Crippen molar-refractivity contribution in [3.05, 3.63) is 71.3 Å². The van der Waals surface area contributed by atoms with Crippen LogP contribution in [0, 0.1) is 12.8 Å². The normalized spacial score (nSPS) is 12.7. The monoisotopic (exact) mass is 411 g/mol. The van der Waals surface area contributed by atoms with Crippen LogP contribution >= 0.6 is 0 Å². The van der Waals surface area contributed by atoms with E-state index in [0.29, 0.717) is 0 Å². The molecule has 2 rings (SSSR count). The smallest absolute Gasteiger partial charge is 0.408 e. The first kappa shape index (κ1) is 22.9. The zero-order valence-electron chi connectivity index (χ0n) is 17.6. The average Bonchev–Trinajstić information content (AvgIpc) is 2.71. The summed E-state index contributed by atoms with van der Waals surface area (Å²) in [6.07, 6.45) is -0.431. The van der Waals surface area contributed by atoms with Crippen LogP contribution in [0.15, 0.2) is 54.6 Å². The van der Waals surface area contributed by atoms with Crippen molar-refractivity contribution in [2.24, 2.45) is 11.7 Å². The number of carbonyl (C=O) groups is 3. The Kier molecular flexibility index (Phi) is 8.41. The van der Waals surface area contributed by atoms with Crippen LogP contribution in [-0.4, -0.2) is 30.0 Å². The number of nitrogens with one attached hydrogen (secondary N) is 2. The number of hydrogen-bond acceptors (Lipinski definition) is 4. The minimum atomic E-state index is -0.887. The lowest BCUT2D eigenvalue weighted by Crippen LogP contribution is -2.55. The molecule has 0 aliphatic heterocycles. The lowest BCUT2D eigenvalue weighted by Gasteiger charge is -2.24. The average molecular weight is 412 g/mol. The minimum absolute atomic E-state index is 0.0936. The first-order valence-electron chi connectivity index (χ1n) is 9.89. The highest BCUT2D eigenvalue weighted by Gasteiger charge is 2.28. The molecule has 0 heterocycles. The second-order valence-electron chi connectivity index (χ2n) is 7.52. The third-order valence-corrected chi connectivity index (χ3v) is 4.78. The van der Waals surface area contributed by atoms with Gasteiger partial charge in [-0.2, -0.15) is 0 Å². The number of benzene rings is 2. The van der Waals surface area contributed by atoms with Crippen LogP contribution in [0.25, 0.3) is 0 Å². The van der Waals surface area contributed by atoms with Crippen molar-refractivity contribution in [3.8, 4) is 0 Å². The van der Waals surface area contributed by atoms with E-state index in [1.807, 2.05) is 61.5 Å². The molecule has 0 aliphatic carbocycles. The number of nitrogens with two attached hydrogens (primary N) is 1. The van der Waals surface area contributed by atoms with Crippen LogP contribution in [0.5, 0.6) is 0 Å². The SMILES string of the molecule is Cc1ccccc1C[C@H](NC(=O)[C@@H](NC(=O)OCc1ccccc1)C(C)C)C(N)=O. The highest BCUT2D eigenvalue weighted by atomic mass is 16.5. The van der Waals surface area contributed by atoms with Gasteiger partial charge in [-0.15, -0.1) is 0 Å². The van der Waals surface area contributed by atoms with Gasteiger partial charge in [0.25, 0.3) is 0 Å². The van der Waals surface area contributed by atoms with Gasteiger partial charge >= 0.3 is 6.09 Å². The Balaban J connectivity index is 1.99. The van der Waals surface area contributed by atoms with Gasteiger partial charge in [-0.25, -0.2) is 4.79 Å². The van der Waals surface area contributed by atoms with Gasteiger partial charge in [0.15, 0.2) is 0 Å². The van der Waals surface area contributed by atoms with Gasteiger partial charge in [0, 0.05) is 6.42 Å². The van der Waals surface area contributed by atoms with Gasteiger partial charge in [0.05, 0.1) is 0 Å². The first-order chi connectivity index (χ1) is 14.3. The van der Waals surface area contributed by atoms with E-state index < -0.39 is 30.0 Å². The molecule has 0 aliphatic rings. The van der Waals surface area contributed by atoms with Crippen LogP contribution in [0.1, 0.15) is 30.5 Å². The number of aryl methyl sites for hydroxylation is 1. The van der Waals surface area contributed by atoms with Crippen LogP contribution in [0.3, 0.4) is 0 Å². The molecular weight excluding hydrogens is 382 g/mol. The van der Waals surface area contributed by atoms with Crippen LogP contribution in [-0.2, 0) is 27.4 Å². The van der Waals surface area contributed by atoms with Crippen LogP contribution < -0.4 is 16.4 Å². The Morgan fingerprint density at radius 3 is 2.20 bits per heavy atom. The van der Waals surface area contributed by atoms with Gasteiger partial charge in [-0.05, 0) is 29.5 Å². The Morgan fingerprint density at radius 2 is 1.60 bits per heavy atom. The maximum absolute atomic E-state index is 12.8. The molecule has 3 amide bonds. The summed E-state index contributed by atoms with van der Waals surface area (Å²) in [7, 11) is 0. The maximum Gasteiger partial charge on any atom is 0.408 e. The molecule has 2 atom stereocenters. The summed E-state index contributed by atoms with van der Waals surface area (Å²) in [5.74, 6) is -1.35. The van der Waals surface area contributed by atoms with Gasteiger partial charge in [0.2, 0.25) is 11.8 Å². The molecule has 7 heteroatoms. The molecule has 7 nitrogen and oxygen atoms in total. The second-order valence-corrected chi connectivity index (χ2v) is 7.52. The maximum atomic E-state index is 12.8. The molecule has 0 fully saturated rings. The number of hydrogen-bond donors (Lipinski definition) is 3. The van der Waals surface area contributed by atoms with Crippen molar-refractivity contribution in [2.75, 3.05) is 0 Å². The summed E-state index contributed by atoms with van der Waals surface area (Å²) in [6, 6.07) is 15.1. The Bertz CT molecular complexity index is 868. The van der Waals surface area contributed by atoms with Crippen LogP contribution in [0.2, 0.25) is 0 Å².